The topological polar surface area (TPSA) is 53.6 Å². The number of guanidine groups is 1. The van der Waals surface area contributed by atoms with E-state index >= 15 is 0 Å². The van der Waals surface area contributed by atoms with Crippen molar-refractivity contribution in [1.82, 2.24) is 5.32 Å². The van der Waals surface area contributed by atoms with Gasteiger partial charge in [0, 0.05) is 32.9 Å². The maximum absolute atomic E-state index is 5.53. The summed E-state index contributed by atoms with van der Waals surface area (Å²) in [5, 5.41) is 3.06. The van der Waals surface area contributed by atoms with E-state index in [1.165, 1.54) is 5.69 Å². The first-order valence-corrected chi connectivity index (χ1v) is 5.96. The average molecular weight is 234 g/mol. The Morgan fingerprint density at radius 3 is 2.65 bits per heavy atom. The van der Waals surface area contributed by atoms with Crippen molar-refractivity contribution in [3.05, 3.63) is 30.3 Å². The third-order valence-electron chi connectivity index (χ3n) is 2.66. The normalized spacial score (nSPS) is 11.3. The first-order chi connectivity index (χ1) is 8.24. The molecule has 1 aromatic rings. The van der Waals surface area contributed by atoms with E-state index < -0.39 is 0 Å². The van der Waals surface area contributed by atoms with Crippen molar-refractivity contribution >= 4 is 11.6 Å². The molecule has 0 bridgehead atoms. The van der Waals surface area contributed by atoms with E-state index in [2.05, 4.69) is 46.5 Å². The lowest BCUT2D eigenvalue weighted by Crippen LogP contribution is -2.32. The summed E-state index contributed by atoms with van der Waals surface area (Å²) >= 11 is 0. The Morgan fingerprint density at radius 2 is 2.00 bits per heavy atom. The molecule has 1 aromatic carbocycles. The second kappa shape index (κ2) is 7.54. The lowest BCUT2D eigenvalue weighted by atomic mass is 10.2. The summed E-state index contributed by atoms with van der Waals surface area (Å²) in [5.41, 5.74) is 6.79. The fourth-order valence-corrected chi connectivity index (χ4v) is 1.58. The van der Waals surface area contributed by atoms with E-state index in [4.69, 9.17) is 5.73 Å². The molecule has 0 spiro atoms. The molecular formula is C13H22N4. The van der Waals surface area contributed by atoms with Gasteiger partial charge in [-0.3, -0.25) is 4.99 Å². The monoisotopic (exact) mass is 234 g/mol. The van der Waals surface area contributed by atoms with Crippen LogP contribution in [0.15, 0.2) is 35.3 Å². The minimum Gasteiger partial charge on any atom is -0.375 e. The average Bonchev–Trinajstić information content (AvgIpc) is 2.38. The lowest BCUT2D eigenvalue weighted by molar-refractivity contribution is 0.697. The second-order valence-electron chi connectivity index (χ2n) is 4.00. The Balaban J connectivity index is 2.15. The van der Waals surface area contributed by atoms with Gasteiger partial charge in [0.1, 0.15) is 0 Å². The van der Waals surface area contributed by atoms with Gasteiger partial charge in [0.05, 0.1) is 0 Å². The van der Waals surface area contributed by atoms with Crippen molar-refractivity contribution in [3.63, 3.8) is 0 Å². The van der Waals surface area contributed by atoms with E-state index in [0.717, 1.165) is 25.9 Å². The minimum absolute atomic E-state index is 0.515. The standard InChI is InChI=1S/C13H22N4/c1-15-13(14)16-10-6-7-11-17(2)12-8-4-3-5-9-12/h3-5,8-9H,6-7,10-11H2,1-2H3,(H3,14,15,16). The molecule has 0 amide bonds. The molecule has 0 aliphatic heterocycles. The van der Waals surface area contributed by atoms with Gasteiger partial charge in [0.15, 0.2) is 5.96 Å². The van der Waals surface area contributed by atoms with Crippen LogP contribution in [0.2, 0.25) is 0 Å². The summed E-state index contributed by atoms with van der Waals surface area (Å²) in [5.74, 6) is 0.515. The van der Waals surface area contributed by atoms with Crippen LogP contribution >= 0.6 is 0 Å². The summed E-state index contributed by atoms with van der Waals surface area (Å²) in [4.78, 5) is 6.10. The number of para-hydroxylation sites is 1. The molecule has 0 atom stereocenters. The predicted octanol–water partition coefficient (Wildman–Crippen LogP) is 1.44. The summed E-state index contributed by atoms with van der Waals surface area (Å²) in [6, 6.07) is 10.4. The molecule has 0 unspecified atom stereocenters. The smallest absolute Gasteiger partial charge is 0.188 e. The van der Waals surface area contributed by atoms with Crippen LogP contribution in [0, 0.1) is 0 Å². The molecule has 0 aromatic heterocycles. The SMILES string of the molecule is CN=C(N)NCCCCN(C)c1ccccc1. The van der Waals surface area contributed by atoms with Crippen molar-refractivity contribution in [2.24, 2.45) is 10.7 Å². The number of hydrogen-bond acceptors (Lipinski definition) is 2. The van der Waals surface area contributed by atoms with E-state index in [1.807, 2.05) is 6.07 Å². The van der Waals surface area contributed by atoms with Crippen molar-refractivity contribution in [1.29, 1.82) is 0 Å². The van der Waals surface area contributed by atoms with E-state index in [-0.39, 0.29) is 0 Å². The van der Waals surface area contributed by atoms with Crippen LogP contribution < -0.4 is 16.0 Å². The first-order valence-electron chi connectivity index (χ1n) is 5.96. The lowest BCUT2D eigenvalue weighted by Gasteiger charge is -2.19. The number of hydrogen-bond donors (Lipinski definition) is 2. The first kappa shape index (κ1) is 13.4. The van der Waals surface area contributed by atoms with Crippen LogP contribution in [0.1, 0.15) is 12.8 Å². The Labute approximate surface area is 104 Å². The highest BCUT2D eigenvalue weighted by Gasteiger charge is 1.98. The van der Waals surface area contributed by atoms with Gasteiger partial charge < -0.3 is 16.0 Å². The van der Waals surface area contributed by atoms with Crippen molar-refractivity contribution in [2.45, 2.75) is 12.8 Å². The highest BCUT2D eigenvalue weighted by molar-refractivity contribution is 5.77. The van der Waals surface area contributed by atoms with Gasteiger partial charge in [0.2, 0.25) is 0 Å². The summed E-state index contributed by atoms with van der Waals surface area (Å²) in [7, 11) is 3.80. The van der Waals surface area contributed by atoms with Crippen LogP contribution in [0.5, 0.6) is 0 Å². The highest BCUT2D eigenvalue weighted by atomic mass is 15.1. The Bertz CT molecular complexity index is 335. The molecule has 0 saturated heterocycles. The van der Waals surface area contributed by atoms with Crippen molar-refractivity contribution in [3.8, 4) is 0 Å². The van der Waals surface area contributed by atoms with Crippen LogP contribution in [0.3, 0.4) is 0 Å². The number of anilines is 1. The van der Waals surface area contributed by atoms with Gasteiger partial charge in [0.25, 0.3) is 0 Å². The van der Waals surface area contributed by atoms with Crippen LogP contribution in [0.4, 0.5) is 5.69 Å². The molecule has 94 valence electrons. The second-order valence-corrected chi connectivity index (χ2v) is 4.00. The number of aliphatic imine (C=N–C) groups is 1. The van der Waals surface area contributed by atoms with E-state index in [9.17, 15) is 0 Å². The highest BCUT2D eigenvalue weighted by Crippen LogP contribution is 2.11. The van der Waals surface area contributed by atoms with Crippen molar-refractivity contribution < 1.29 is 0 Å². The van der Waals surface area contributed by atoms with Gasteiger partial charge in [-0.25, -0.2) is 0 Å². The summed E-state index contributed by atoms with van der Waals surface area (Å²) in [6.07, 6.45) is 2.22. The van der Waals surface area contributed by atoms with Crippen LogP contribution in [-0.2, 0) is 0 Å². The zero-order chi connectivity index (χ0) is 12.5. The molecule has 0 radical (unpaired) electrons. The predicted molar refractivity (Wildman–Crippen MR) is 74.5 cm³/mol. The molecule has 0 aliphatic carbocycles. The fourth-order valence-electron chi connectivity index (χ4n) is 1.58. The third kappa shape index (κ3) is 5.24. The van der Waals surface area contributed by atoms with Gasteiger partial charge in [-0.15, -0.1) is 0 Å². The zero-order valence-electron chi connectivity index (χ0n) is 10.7. The number of nitrogens with one attached hydrogen (secondary N) is 1. The molecule has 3 N–H and O–H groups in total. The fraction of sp³-hybridized carbons (Fsp3) is 0.462. The van der Waals surface area contributed by atoms with Crippen LogP contribution in [-0.4, -0.2) is 33.1 Å². The minimum atomic E-state index is 0.515. The molecule has 4 nitrogen and oxygen atoms in total. The molecule has 0 aliphatic rings. The Hall–Kier alpha value is -1.71. The van der Waals surface area contributed by atoms with Gasteiger partial charge >= 0.3 is 0 Å². The van der Waals surface area contributed by atoms with E-state index in [1.54, 1.807) is 7.05 Å². The molecule has 1 rings (SSSR count). The molecule has 4 heteroatoms. The maximum atomic E-state index is 5.53. The number of unbranched alkanes of at least 4 members (excludes halogenated alkanes) is 1. The Kier molecular flexibility index (Phi) is 5.93. The van der Waals surface area contributed by atoms with Gasteiger partial charge in [-0.05, 0) is 25.0 Å². The summed E-state index contributed by atoms with van der Waals surface area (Å²) in [6.45, 7) is 1.93. The number of benzene rings is 1. The third-order valence-corrected chi connectivity index (χ3v) is 2.66. The zero-order valence-corrected chi connectivity index (χ0v) is 10.7. The van der Waals surface area contributed by atoms with Gasteiger partial charge in [-0.1, -0.05) is 18.2 Å². The Morgan fingerprint density at radius 1 is 1.29 bits per heavy atom. The largest absolute Gasteiger partial charge is 0.375 e. The molecule has 0 saturated carbocycles. The summed E-state index contributed by atoms with van der Waals surface area (Å²) < 4.78 is 0. The number of rotatable bonds is 6. The molecule has 0 fully saturated rings. The van der Waals surface area contributed by atoms with Gasteiger partial charge in [-0.2, -0.15) is 0 Å². The molecule has 0 heterocycles. The number of nitrogens with two attached hydrogens (primary N) is 1. The molecular weight excluding hydrogens is 212 g/mol. The van der Waals surface area contributed by atoms with Crippen molar-refractivity contribution in [2.75, 3.05) is 32.1 Å². The van der Waals surface area contributed by atoms with E-state index in [0.29, 0.717) is 5.96 Å². The number of nitrogens with zero attached hydrogens (tertiary/aromatic N) is 2. The maximum Gasteiger partial charge on any atom is 0.188 e. The quantitative estimate of drug-likeness (QED) is 0.445. The molecule has 17 heavy (non-hydrogen) atoms. The van der Waals surface area contributed by atoms with Crippen LogP contribution in [0.25, 0.3) is 0 Å².